The summed E-state index contributed by atoms with van der Waals surface area (Å²) in [4.78, 5) is 16.8. The van der Waals surface area contributed by atoms with Gasteiger partial charge < -0.3 is 10.1 Å². The van der Waals surface area contributed by atoms with Gasteiger partial charge in [-0.3, -0.25) is 4.79 Å². The minimum absolute atomic E-state index is 0.0309. The Hall–Kier alpha value is -2.09. The molecule has 3 rings (SSSR count). The summed E-state index contributed by atoms with van der Waals surface area (Å²) in [5, 5.41) is 3.55. The van der Waals surface area contributed by atoms with E-state index in [9.17, 15) is 18.0 Å². The van der Waals surface area contributed by atoms with Crippen molar-refractivity contribution in [3.63, 3.8) is 0 Å². The zero-order chi connectivity index (χ0) is 16.4. The quantitative estimate of drug-likeness (QED) is 0.904. The SMILES string of the molecule is O=C(Cc1cnc(-c2ccc(OC(F)(F)F)cc2)s1)NC1CC1. The van der Waals surface area contributed by atoms with Gasteiger partial charge in [0, 0.05) is 22.7 Å². The molecule has 1 aliphatic rings. The van der Waals surface area contributed by atoms with Crippen LogP contribution in [-0.4, -0.2) is 23.3 Å². The maximum atomic E-state index is 12.1. The summed E-state index contributed by atoms with van der Waals surface area (Å²) in [6, 6.07) is 5.81. The van der Waals surface area contributed by atoms with Crippen molar-refractivity contribution in [3.8, 4) is 16.3 Å². The van der Waals surface area contributed by atoms with E-state index in [1.807, 2.05) is 0 Å². The highest BCUT2D eigenvalue weighted by atomic mass is 32.1. The predicted octanol–water partition coefficient (Wildman–Crippen LogP) is 3.53. The molecule has 0 atom stereocenters. The molecule has 122 valence electrons. The van der Waals surface area contributed by atoms with E-state index >= 15 is 0 Å². The number of hydrogen-bond acceptors (Lipinski definition) is 4. The van der Waals surface area contributed by atoms with Gasteiger partial charge in [-0.25, -0.2) is 4.98 Å². The van der Waals surface area contributed by atoms with Crippen LogP contribution < -0.4 is 10.1 Å². The second-order valence-electron chi connectivity index (χ2n) is 5.22. The zero-order valence-electron chi connectivity index (χ0n) is 11.9. The molecule has 0 saturated heterocycles. The Bertz CT molecular complexity index is 693. The number of hydrogen-bond donors (Lipinski definition) is 1. The Kier molecular flexibility index (Phi) is 4.25. The fourth-order valence-corrected chi connectivity index (χ4v) is 2.90. The number of rotatable bonds is 5. The average molecular weight is 342 g/mol. The van der Waals surface area contributed by atoms with Gasteiger partial charge in [0.1, 0.15) is 10.8 Å². The van der Waals surface area contributed by atoms with Gasteiger partial charge in [-0.2, -0.15) is 0 Å². The predicted molar refractivity (Wildman–Crippen MR) is 79.1 cm³/mol. The van der Waals surface area contributed by atoms with Crippen molar-refractivity contribution in [1.82, 2.24) is 10.3 Å². The number of nitrogens with zero attached hydrogens (tertiary/aromatic N) is 1. The van der Waals surface area contributed by atoms with Crippen LogP contribution in [-0.2, 0) is 11.2 Å². The fraction of sp³-hybridized carbons (Fsp3) is 0.333. The number of alkyl halides is 3. The van der Waals surface area contributed by atoms with E-state index < -0.39 is 6.36 Å². The molecular formula is C15H13F3N2O2S. The molecule has 0 radical (unpaired) electrons. The first-order valence-corrected chi connectivity index (χ1v) is 7.81. The first-order valence-electron chi connectivity index (χ1n) is 6.99. The van der Waals surface area contributed by atoms with E-state index in [0.717, 1.165) is 17.7 Å². The van der Waals surface area contributed by atoms with Gasteiger partial charge in [-0.15, -0.1) is 24.5 Å². The van der Waals surface area contributed by atoms with Gasteiger partial charge in [-0.05, 0) is 37.1 Å². The molecule has 1 aromatic carbocycles. The van der Waals surface area contributed by atoms with Gasteiger partial charge in [0.05, 0.1) is 6.42 Å². The molecule has 1 N–H and O–H groups in total. The Morgan fingerprint density at radius 3 is 2.61 bits per heavy atom. The summed E-state index contributed by atoms with van der Waals surface area (Å²) < 4.78 is 40.2. The molecule has 1 amide bonds. The third kappa shape index (κ3) is 4.69. The standard InChI is InChI=1S/C15H13F3N2O2S/c16-15(17,18)22-11-5-1-9(2-6-11)14-19-8-12(23-14)7-13(21)20-10-3-4-10/h1-2,5-6,8,10H,3-4,7H2,(H,20,21). The highest BCUT2D eigenvalue weighted by Gasteiger charge is 2.31. The Morgan fingerprint density at radius 2 is 2.00 bits per heavy atom. The maximum Gasteiger partial charge on any atom is 0.573 e. The highest BCUT2D eigenvalue weighted by molar-refractivity contribution is 7.15. The Labute approximate surface area is 134 Å². The minimum Gasteiger partial charge on any atom is -0.406 e. The van der Waals surface area contributed by atoms with Crippen molar-refractivity contribution in [2.45, 2.75) is 31.7 Å². The first kappa shape index (κ1) is 15.8. The average Bonchev–Trinajstić information content (AvgIpc) is 3.14. The largest absolute Gasteiger partial charge is 0.573 e. The van der Waals surface area contributed by atoms with E-state index in [1.54, 1.807) is 6.20 Å². The Balaban J connectivity index is 1.63. The lowest BCUT2D eigenvalue weighted by Gasteiger charge is -2.08. The summed E-state index contributed by atoms with van der Waals surface area (Å²) in [7, 11) is 0. The van der Waals surface area contributed by atoms with Crippen LogP contribution in [0.4, 0.5) is 13.2 Å². The molecule has 1 heterocycles. The molecule has 23 heavy (non-hydrogen) atoms. The van der Waals surface area contributed by atoms with Crippen LogP contribution in [0.25, 0.3) is 10.6 Å². The van der Waals surface area contributed by atoms with Gasteiger partial charge in [0.15, 0.2) is 0 Å². The number of aromatic nitrogens is 1. The zero-order valence-corrected chi connectivity index (χ0v) is 12.7. The molecule has 8 heteroatoms. The molecule has 1 aliphatic carbocycles. The number of thiazole rings is 1. The summed E-state index contributed by atoms with van der Waals surface area (Å²) in [6.45, 7) is 0. The van der Waals surface area contributed by atoms with E-state index in [-0.39, 0.29) is 18.1 Å². The van der Waals surface area contributed by atoms with Crippen molar-refractivity contribution >= 4 is 17.2 Å². The molecule has 0 unspecified atom stereocenters. The molecule has 1 fully saturated rings. The number of halogens is 3. The van der Waals surface area contributed by atoms with Crippen molar-refractivity contribution in [3.05, 3.63) is 35.3 Å². The number of benzene rings is 1. The lowest BCUT2D eigenvalue weighted by Crippen LogP contribution is -2.26. The van der Waals surface area contributed by atoms with Gasteiger partial charge >= 0.3 is 6.36 Å². The molecule has 0 spiro atoms. The smallest absolute Gasteiger partial charge is 0.406 e. The van der Waals surface area contributed by atoms with Crippen LogP contribution in [0.1, 0.15) is 17.7 Å². The second kappa shape index (κ2) is 6.19. The lowest BCUT2D eigenvalue weighted by atomic mass is 10.2. The van der Waals surface area contributed by atoms with E-state index in [1.165, 1.54) is 35.6 Å². The van der Waals surface area contributed by atoms with Crippen molar-refractivity contribution < 1.29 is 22.7 Å². The Morgan fingerprint density at radius 1 is 1.30 bits per heavy atom. The number of ether oxygens (including phenoxy) is 1. The van der Waals surface area contributed by atoms with Crippen molar-refractivity contribution in [1.29, 1.82) is 0 Å². The molecule has 1 aromatic heterocycles. The van der Waals surface area contributed by atoms with Crippen LogP contribution in [0, 0.1) is 0 Å². The number of carbonyl (C=O) groups is 1. The normalized spacial score (nSPS) is 14.6. The van der Waals surface area contributed by atoms with Gasteiger partial charge in [-0.1, -0.05) is 0 Å². The number of amides is 1. The van der Waals surface area contributed by atoms with Crippen LogP contribution >= 0.6 is 11.3 Å². The van der Waals surface area contributed by atoms with E-state index in [4.69, 9.17) is 0 Å². The van der Waals surface area contributed by atoms with Gasteiger partial charge in [0.25, 0.3) is 0 Å². The summed E-state index contributed by atoms with van der Waals surface area (Å²) in [6.07, 6.45) is -0.751. The lowest BCUT2D eigenvalue weighted by molar-refractivity contribution is -0.274. The van der Waals surface area contributed by atoms with Crippen LogP contribution in [0.3, 0.4) is 0 Å². The fourth-order valence-electron chi connectivity index (χ4n) is 1.99. The molecular weight excluding hydrogens is 329 g/mol. The van der Waals surface area contributed by atoms with Crippen LogP contribution in [0.5, 0.6) is 5.75 Å². The highest BCUT2D eigenvalue weighted by Crippen LogP contribution is 2.29. The summed E-state index contributed by atoms with van der Waals surface area (Å²) in [5.74, 6) is -0.307. The first-order chi connectivity index (χ1) is 10.9. The number of carbonyl (C=O) groups excluding carboxylic acids is 1. The summed E-state index contributed by atoms with van der Waals surface area (Å²) >= 11 is 1.35. The third-order valence-corrected chi connectivity index (χ3v) is 4.21. The van der Waals surface area contributed by atoms with E-state index in [2.05, 4.69) is 15.0 Å². The minimum atomic E-state index is -4.70. The van der Waals surface area contributed by atoms with Crippen LogP contribution in [0.2, 0.25) is 0 Å². The second-order valence-corrected chi connectivity index (χ2v) is 6.34. The van der Waals surface area contributed by atoms with E-state index in [0.29, 0.717) is 16.6 Å². The van der Waals surface area contributed by atoms with Gasteiger partial charge in [0.2, 0.25) is 5.91 Å². The molecule has 2 aromatic rings. The topological polar surface area (TPSA) is 51.2 Å². The molecule has 0 bridgehead atoms. The third-order valence-electron chi connectivity index (χ3n) is 3.17. The van der Waals surface area contributed by atoms with Crippen LogP contribution in [0.15, 0.2) is 30.5 Å². The summed E-state index contributed by atoms with van der Waals surface area (Å²) in [5.41, 5.74) is 0.679. The van der Waals surface area contributed by atoms with Crippen molar-refractivity contribution in [2.24, 2.45) is 0 Å². The number of nitrogens with one attached hydrogen (secondary N) is 1. The molecule has 4 nitrogen and oxygen atoms in total. The molecule has 0 aliphatic heterocycles. The maximum absolute atomic E-state index is 12.1. The molecule has 1 saturated carbocycles. The van der Waals surface area contributed by atoms with Crippen molar-refractivity contribution in [2.75, 3.05) is 0 Å². The monoisotopic (exact) mass is 342 g/mol.